The Morgan fingerprint density at radius 2 is 1.84 bits per heavy atom. The van der Waals surface area contributed by atoms with Gasteiger partial charge in [-0.2, -0.15) is 9.30 Å². The molecule has 4 rings (SSSR count). The Balaban J connectivity index is 1.69. The Kier molecular flexibility index (Phi) is 7.04. The molecule has 1 fully saturated rings. The molecule has 0 saturated carbocycles. The van der Waals surface area contributed by atoms with Gasteiger partial charge in [-0.3, -0.25) is 4.79 Å². The Labute approximate surface area is 199 Å². The highest BCUT2D eigenvalue weighted by molar-refractivity contribution is 7.89. The van der Waals surface area contributed by atoms with Crippen LogP contribution in [0.15, 0.2) is 46.3 Å². The molecule has 0 unspecified atom stereocenters. The third-order valence-corrected chi connectivity index (χ3v) is 8.66. The number of sulfonamides is 1. The summed E-state index contributed by atoms with van der Waals surface area (Å²) in [5, 5.41) is 0.959. The molecule has 0 bridgehead atoms. The van der Waals surface area contributed by atoms with Crippen molar-refractivity contribution in [2.24, 2.45) is 4.99 Å². The van der Waals surface area contributed by atoms with Crippen LogP contribution in [-0.2, 0) is 21.3 Å². The number of hydrogen-bond acceptors (Lipinski definition) is 5. The van der Waals surface area contributed by atoms with E-state index in [2.05, 4.69) is 4.99 Å². The molecule has 32 heavy (non-hydrogen) atoms. The number of amides is 1. The zero-order valence-corrected chi connectivity index (χ0v) is 20.4. The van der Waals surface area contributed by atoms with Gasteiger partial charge in [-0.15, -0.1) is 0 Å². The number of nitrogens with zero attached hydrogens (tertiary/aromatic N) is 3. The van der Waals surface area contributed by atoms with E-state index < -0.39 is 15.9 Å². The first kappa shape index (κ1) is 23.4. The highest BCUT2D eigenvalue weighted by Crippen LogP contribution is 2.30. The maximum absolute atomic E-state index is 12.9. The predicted molar refractivity (Wildman–Crippen MR) is 126 cm³/mol. The van der Waals surface area contributed by atoms with Crippen molar-refractivity contribution >= 4 is 60.7 Å². The molecule has 7 nitrogen and oxygen atoms in total. The van der Waals surface area contributed by atoms with Crippen molar-refractivity contribution in [3.63, 3.8) is 0 Å². The number of carbonyl (C=O) groups is 1. The molecule has 1 aromatic heterocycles. The molecular formula is C21H21Cl2N3O4S2. The lowest BCUT2D eigenvalue weighted by Gasteiger charge is -2.15. The average molecular weight is 514 g/mol. The standard InChI is InChI=1S/C21H21Cl2N3O4S2/c1-30-11-10-26-19-17(23)12-15(22)13-18(19)31-21(26)24-20(27)14-4-6-16(7-5-14)32(28,29)25-8-2-3-9-25/h4-7,12-13H,2-3,8-11H2,1H3. The first-order valence-electron chi connectivity index (χ1n) is 9.98. The molecule has 0 aliphatic carbocycles. The second-order valence-corrected chi connectivity index (χ2v) is 11.1. The number of methoxy groups -OCH3 is 1. The van der Waals surface area contributed by atoms with Gasteiger partial charge >= 0.3 is 0 Å². The maximum Gasteiger partial charge on any atom is 0.279 e. The van der Waals surface area contributed by atoms with Crippen LogP contribution in [0.3, 0.4) is 0 Å². The van der Waals surface area contributed by atoms with Crippen molar-refractivity contribution in [2.45, 2.75) is 24.3 Å². The van der Waals surface area contributed by atoms with Gasteiger partial charge < -0.3 is 9.30 Å². The number of ether oxygens (including phenoxy) is 1. The van der Waals surface area contributed by atoms with Crippen LogP contribution in [0.1, 0.15) is 23.2 Å². The first-order valence-corrected chi connectivity index (χ1v) is 13.0. The molecule has 2 heterocycles. The van der Waals surface area contributed by atoms with Crippen molar-refractivity contribution in [2.75, 3.05) is 26.8 Å². The fraction of sp³-hybridized carbons (Fsp3) is 0.333. The van der Waals surface area contributed by atoms with E-state index >= 15 is 0 Å². The second kappa shape index (κ2) is 9.62. The van der Waals surface area contributed by atoms with Crippen molar-refractivity contribution < 1.29 is 17.9 Å². The number of hydrogen-bond donors (Lipinski definition) is 0. The molecule has 0 N–H and O–H groups in total. The smallest absolute Gasteiger partial charge is 0.279 e. The first-order chi connectivity index (χ1) is 15.3. The van der Waals surface area contributed by atoms with Gasteiger partial charge in [0, 0.05) is 37.3 Å². The van der Waals surface area contributed by atoms with Crippen molar-refractivity contribution in [3.05, 3.63) is 56.8 Å². The van der Waals surface area contributed by atoms with Crippen molar-refractivity contribution in [1.82, 2.24) is 8.87 Å². The molecule has 0 atom stereocenters. The lowest BCUT2D eigenvalue weighted by atomic mass is 10.2. The summed E-state index contributed by atoms with van der Waals surface area (Å²) in [6, 6.07) is 9.32. The van der Waals surface area contributed by atoms with E-state index in [0.29, 0.717) is 46.7 Å². The second-order valence-electron chi connectivity index (χ2n) is 7.32. The van der Waals surface area contributed by atoms with Crippen LogP contribution >= 0.6 is 34.5 Å². The number of halogens is 2. The molecular weight excluding hydrogens is 493 g/mol. The van der Waals surface area contributed by atoms with E-state index in [4.69, 9.17) is 27.9 Å². The van der Waals surface area contributed by atoms with Gasteiger partial charge in [0.2, 0.25) is 10.0 Å². The normalized spacial score (nSPS) is 15.7. The van der Waals surface area contributed by atoms with E-state index in [1.165, 1.54) is 39.9 Å². The van der Waals surface area contributed by atoms with Gasteiger partial charge in [0.1, 0.15) is 0 Å². The summed E-state index contributed by atoms with van der Waals surface area (Å²) in [6.45, 7) is 1.92. The summed E-state index contributed by atoms with van der Waals surface area (Å²) in [4.78, 5) is 17.8. The Morgan fingerprint density at radius 3 is 2.50 bits per heavy atom. The van der Waals surface area contributed by atoms with Crippen LogP contribution in [0.5, 0.6) is 0 Å². The fourth-order valence-electron chi connectivity index (χ4n) is 3.60. The highest BCUT2D eigenvalue weighted by Gasteiger charge is 2.27. The van der Waals surface area contributed by atoms with Gasteiger partial charge in [0.15, 0.2) is 4.80 Å². The Bertz CT molecular complexity index is 1330. The molecule has 3 aromatic rings. The minimum atomic E-state index is -3.53. The topological polar surface area (TPSA) is 81.0 Å². The van der Waals surface area contributed by atoms with Crippen LogP contribution in [0.2, 0.25) is 10.0 Å². The number of thiazole rings is 1. The number of aromatic nitrogens is 1. The van der Waals surface area contributed by atoms with E-state index in [9.17, 15) is 13.2 Å². The summed E-state index contributed by atoms with van der Waals surface area (Å²) in [5.41, 5.74) is 1.03. The summed E-state index contributed by atoms with van der Waals surface area (Å²) in [6.07, 6.45) is 1.73. The zero-order valence-electron chi connectivity index (χ0n) is 17.3. The lowest BCUT2D eigenvalue weighted by molar-refractivity contribution is 0.0997. The predicted octanol–water partition coefficient (Wildman–Crippen LogP) is 4.18. The van der Waals surface area contributed by atoms with E-state index in [-0.39, 0.29) is 4.90 Å². The van der Waals surface area contributed by atoms with Gasteiger partial charge in [-0.1, -0.05) is 34.5 Å². The molecule has 1 aliphatic rings. The van der Waals surface area contributed by atoms with Crippen molar-refractivity contribution in [1.29, 1.82) is 0 Å². The number of benzene rings is 2. The van der Waals surface area contributed by atoms with Gasteiger partial charge in [-0.25, -0.2) is 8.42 Å². The molecule has 11 heteroatoms. The van der Waals surface area contributed by atoms with E-state index in [1.54, 1.807) is 19.2 Å². The molecule has 1 amide bonds. The summed E-state index contributed by atoms with van der Waals surface area (Å²) in [5.74, 6) is -0.477. The Hall–Kier alpha value is -1.75. The summed E-state index contributed by atoms with van der Waals surface area (Å²) in [7, 11) is -1.94. The third kappa shape index (κ3) is 4.64. The molecule has 0 radical (unpaired) electrons. The molecule has 0 spiro atoms. The van der Waals surface area contributed by atoms with Crippen LogP contribution in [0.25, 0.3) is 10.2 Å². The van der Waals surface area contributed by atoms with Gasteiger partial charge in [0.25, 0.3) is 5.91 Å². The van der Waals surface area contributed by atoms with Crippen LogP contribution in [0, 0.1) is 0 Å². The quantitative estimate of drug-likeness (QED) is 0.494. The van der Waals surface area contributed by atoms with E-state index in [0.717, 1.165) is 23.1 Å². The van der Waals surface area contributed by atoms with Crippen LogP contribution in [-0.4, -0.2) is 50.0 Å². The van der Waals surface area contributed by atoms with Gasteiger partial charge in [-0.05, 0) is 49.2 Å². The lowest BCUT2D eigenvalue weighted by Crippen LogP contribution is -2.27. The summed E-state index contributed by atoms with van der Waals surface area (Å²) >= 11 is 13.8. The largest absolute Gasteiger partial charge is 0.383 e. The van der Waals surface area contributed by atoms with E-state index in [1.807, 2.05) is 4.57 Å². The average Bonchev–Trinajstić information content (AvgIpc) is 3.41. The van der Waals surface area contributed by atoms with Crippen molar-refractivity contribution in [3.8, 4) is 0 Å². The van der Waals surface area contributed by atoms with Crippen LogP contribution in [0.4, 0.5) is 0 Å². The maximum atomic E-state index is 12.9. The minimum Gasteiger partial charge on any atom is -0.383 e. The zero-order chi connectivity index (χ0) is 22.9. The number of rotatable bonds is 6. The number of fused-ring (bicyclic) bond motifs is 1. The third-order valence-electron chi connectivity index (χ3n) is 5.22. The monoisotopic (exact) mass is 513 g/mol. The Morgan fingerprint density at radius 1 is 1.16 bits per heavy atom. The molecule has 2 aromatic carbocycles. The highest BCUT2D eigenvalue weighted by atomic mass is 35.5. The molecule has 170 valence electrons. The van der Waals surface area contributed by atoms with Crippen LogP contribution < -0.4 is 4.80 Å². The minimum absolute atomic E-state index is 0.175. The van der Waals surface area contributed by atoms with Gasteiger partial charge in [0.05, 0.1) is 26.7 Å². The SMILES string of the molecule is COCCn1c(=NC(=O)c2ccc(S(=O)(=O)N3CCCC3)cc2)sc2cc(Cl)cc(Cl)c21. The number of carbonyl (C=O) groups excluding carboxylic acids is 1. The summed E-state index contributed by atoms with van der Waals surface area (Å²) < 4.78 is 34.7. The fourth-order valence-corrected chi connectivity index (χ4v) is 6.96. The molecule has 1 saturated heterocycles. The molecule has 1 aliphatic heterocycles.